The van der Waals surface area contributed by atoms with Crippen LogP contribution in [0.15, 0.2) is 58.3 Å². The van der Waals surface area contributed by atoms with Crippen LogP contribution in [0.3, 0.4) is 0 Å². The van der Waals surface area contributed by atoms with E-state index in [2.05, 4.69) is 0 Å². The fraction of sp³-hybridized carbons (Fsp3) is 0.235. The molecule has 0 aromatic heterocycles. The number of methoxy groups -OCH3 is 1. The molecule has 0 aliphatic carbocycles. The first-order chi connectivity index (χ1) is 12.7. The molecule has 1 aliphatic rings. The van der Waals surface area contributed by atoms with Crippen LogP contribution in [0.2, 0.25) is 0 Å². The van der Waals surface area contributed by atoms with Crippen molar-refractivity contribution in [1.82, 2.24) is 9.03 Å². The van der Waals surface area contributed by atoms with Crippen molar-refractivity contribution < 1.29 is 26.4 Å². The summed E-state index contributed by atoms with van der Waals surface area (Å²) in [6.07, 6.45) is 0.773. The summed E-state index contributed by atoms with van der Waals surface area (Å²) in [5.41, 5.74) is 0.128. The van der Waals surface area contributed by atoms with E-state index in [1.165, 1.54) is 53.9 Å². The van der Waals surface area contributed by atoms with Crippen LogP contribution in [0.25, 0.3) is 0 Å². The van der Waals surface area contributed by atoms with E-state index in [-0.39, 0.29) is 15.4 Å². The smallest absolute Gasteiger partial charge is 0.265 e. The van der Waals surface area contributed by atoms with Gasteiger partial charge in [0.05, 0.1) is 16.9 Å². The number of nitrogens with one attached hydrogen (secondary N) is 1. The molecule has 0 radical (unpaired) electrons. The van der Waals surface area contributed by atoms with Crippen LogP contribution in [0.1, 0.15) is 16.8 Å². The van der Waals surface area contributed by atoms with Crippen LogP contribution >= 0.6 is 0 Å². The third-order valence-electron chi connectivity index (χ3n) is 4.15. The quantitative estimate of drug-likeness (QED) is 0.767. The first-order valence-electron chi connectivity index (χ1n) is 8.05. The number of hydrogen-bond donors (Lipinski definition) is 1. The van der Waals surface area contributed by atoms with Gasteiger partial charge in [-0.05, 0) is 48.9 Å². The van der Waals surface area contributed by atoms with E-state index in [1.807, 2.05) is 4.72 Å². The van der Waals surface area contributed by atoms with Crippen molar-refractivity contribution in [2.24, 2.45) is 0 Å². The Morgan fingerprint density at radius 2 is 1.63 bits per heavy atom. The monoisotopic (exact) mass is 410 g/mol. The maximum absolute atomic E-state index is 12.5. The molecule has 3 rings (SSSR count). The molecule has 1 saturated heterocycles. The molecule has 1 amide bonds. The van der Waals surface area contributed by atoms with Gasteiger partial charge in [-0.15, -0.1) is 0 Å². The maximum Gasteiger partial charge on any atom is 0.265 e. The highest BCUT2D eigenvalue weighted by atomic mass is 32.2. The highest BCUT2D eigenvalue weighted by Crippen LogP contribution is 2.23. The maximum atomic E-state index is 12.5. The summed E-state index contributed by atoms with van der Waals surface area (Å²) in [5.74, 6) is -0.299. The summed E-state index contributed by atoms with van der Waals surface area (Å²) < 4.78 is 58.1. The summed E-state index contributed by atoms with van der Waals surface area (Å²) in [4.78, 5) is 11.8. The van der Waals surface area contributed by atoms with E-state index in [0.29, 0.717) is 18.8 Å². The molecule has 0 saturated carbocycles. The molecular formula is C17H18N2O6S2. The predicted molar refractivity (Wildman–Crippen MR) is 97.5 cm³/mol. The van der Waals surface area contributed by atoms with Crippen LogP contribution < -0.4 is 9.46 Å². The van der Waals surface area contributed by atoms with Crippen molar-refractivity contribution in [2.75, 3.05) is 20.2 Å². The van der Waals surface area contributed by atoms with E-state index in [9.17, 15) is 21.6 Å². The molecule has 0 spiro atoms. The van der Waals surface area contributed by atoms with E-state index >= 15 is 0 Å². The number of sulfonamides is 2. The number of rotatable bonds is 6. The number of carbonyl (C=O) groups is 1. The van der Waals surface area contributed by atoms with Gasteiger partial charge in [-0.25, -0.2) is 21.6 Å². The Morgan fingerprint density at radius 3 is 2.19 bits per heavy atom. The lowest BCUT2D eigenvalue weighted by Gasteiger charge is -2.29. The molecule has 0 atom stereocenters. The van der Waals surface area contributed by atoms with Crippen molar-refractivity contribution in [3.63, 3.8) is 0 Å². The molecular weight excluding hydrogens is 392 g/mol. The zero-order chi connectivity index (χ0) is 19.7. The lowest BCUT2D eigenvalue weighted by molar-refractivity contribution is 0.0981. The summed E-state index contributed by atoms with van der Waals surface area (Å²) in [6, 6.07) is 10.9. The van der Waals surface area contributed by atoms with Gasteiger partial charge < -0.3 is 4.74 Å². The van der Waals surface area contributed by atoms with Crippen LogP contribution in [-0.2, 0) is 20.0 Å². The Bertz CT molecular complexity index is 1060. The van der Waals surface area contributed by atoms with Crippen molar-refractivity contribution in [3.05, 3.63) is 54.1 Å². The Hall–Kier alpha value is -2.43. The van der Waals surface area contributed by atoms with Crippen molar-refractivity contribution in [2.45, 2.75) is 16.2 Å². The summed E-state index contributed by atoms with van der Waals surface area (Å²) >= 11 is 0. The molecule has 0 unspecified atom stereocenters. The Kier molecular flexibility index (Phi) is 5.22. The molecule has 2 aromatic rings. The second-order valence-corrected chi connectivity index (χ2v) is 9.52. The average molecular weight is 410 g/mol. The van der Waals surface area contributed by atoms with E-state index in [1.54, 1.807) is 0 Å². The molecule has 1 N–H and O–H groups in total. The first-order valence-corrected chi connectivity index (χ1v) is 11.0. The van der Waals surface area contributed by atoms with E-state index in [0.717, 1.165) is 12.5 Å². The van der Waals surface area contributed by atoms with Gasteiger partial charge in [-0.1, -0.05) is 6.07 Å². The Balaban J connectivity index is 1.84. The molecule has 27 heavy (non-hydrogen) atoms. The van der Waals surface area contributed by atoms with Crippen LogP contribution in [-0.4, -0.2) is 47.2 Å². The lowest BCUT2D eigenvalue weighted by atomic mass is 10.2. The van der Waals surface area contributed by atoms with Gasteiger partial charge in [-0.2, -0.15) is 4.31 Å². The molecule has 2 aromatic carbocycles. The average Bonchev–Trinajstić information content (AvgIpc) is 2.59. The normalized spacial score (nSPS) is 15.0. The minimum absolute atomic E-state index is 0.123. The van der Waals surface area contributed by atoms with Gasteiger partial charge in [-0.3, -0.25) is 4.79 Å². The molecule has 8 nitrogen and oxygen atoms in total. The lowest BCUT2D eigenvalue weighted by Crippen LogP contribution is -2.42. The minimum Gasteiger partial charge on any atom is -0.497 e. The van der Waals surface area contributed by atoms with Gasteiger partial charge in [0, 0.05) is 18.7 Å². The zero-order valence-corrected chi connectivity index (χ0v) is 16.1. The highest BCUT2D eigenvalue weighted by molar-refractivity contribution is 7.90. The predicted octanol–water partition coefficient (Wildman–Crippen LogP) is 1.21. The first kappa shape index (κ1) is 19.3. The van der Waals surface area contributed by atoms with Gasteiger partial charge in [0.1, 0.15) is 5.75 Å². The summed E-state index contributed by atoms with van der Waals surface area (Å²) in [6.45, 7) is 0.820. The molecule has 1 heterocycles. The van der Waals surface area contributed by atoms with E-state index in [4.69, 9.17) is 4.74 Å². The van der Waals surface area contributed by atoms with Crippen molar-refractivity contribution in [1.29, 1.82) is 0 Å². The van der Waals surface area contributed by atoms with Gasteiger partial charge >= 0.3 is 0 Å². The SMILES string of the molecule is COc1ccc(C(=O)NS(=O)(=O)c2cccc(S(=O)(=O)N3CCC3)c2)cc1. The molecule has 144 valence electrons. The molecule has 1 aliphatic heterocycles. The minimum atomic E-state index is -4.23. The molecule has 10 heteroatoms. The van der Waals surface area contributed by atoms with Crippen molar-refractivity contribution >= 4 is 26.0 Å². The third-order valence-corrected chi connectivity index (χ3v) is 7.37. The van der Waals surface area contributed by atoms with Crippen LogP contribution in [0, 0.1) is 0 Å². The fourth-order valence-corrected chi connectivity index (χ4v) is 5.12. The summed E-state index contributed by atoms with van der Waals surface area (Å²) in [5, 5.41) is 0. The third kappa shape index (κ3) is 3.97. The second-order valence-electron chi connectivity index (χ2n) is 5.90. The van der Waals surface area contributed by atoms with Gasteiger partial charge in [0.2, 0.25) is 10.0 Å². The highest BCUT2D eigenvalue weighted by Gasteiger charge is 2.30. The second kappa shape index (κ2) is 7.29. The number of nitrogens with zero attached hydrogens (tertiary/aromatic N) is 1. The van der Waals surface area contributed by atoms with Gasteiger partial charge in [0.15, 0.2) is 0 Å². The Labute approximate surface area is 157 Å². The fourth-order valence-electron chi connectivity index (χ4n) is 2.46. The number of ether oxygens (including phenoxy) is 1. The number of amides is 1. The van der Waals surface area contributed by atoms with Crippen molar-refractivity contribution in [3.8, 4) is 5.75 Å². The zero-order valence-electron chi connectivity index (χ0n) is 14.5. The van der Waals surface area contributed by atoms with Crippen LogP contribution in [0.5, 0.6) is 5.75 Å². The Morgan fingerprint density at radius 1 is 1.00 bits per heavy atom. The number of benzene rings is 2. The summed E-state index contributed by atoms with van der Waals surface area (Å²) in [7, 11) is -6.49. The molecule has 1 fully saturated rings. The standard InChI is InChI=1S/C17H18N2O6S2/c1-25-14-8-6-13(7-9-14)17(20)18-26(21,22)15-4-2-5-16(12-15)27(23,24)19-10-3-11-19/h2,4-9,12H,3,10-11H2,1H3,(H,18,20). The largest absolute Gasteiger partial charge is 0.497 e. The number of hydrogen-bond acceptors (Lipinski definition) is 6. The van der Waals surface area contributed by atoms with Gasteiger partial charge in [0.25, 0.3) is 15.9 Å². The van der Waals surface area contributed by atoms with Crippen LogP contribution in [0.4, 0.5) is 0 Å². The van der Waals surface area contributed by atoms with E-state index < -0.39 is 26.0 Å². The number of carbonyl (C=O) groups excluding carboxylic acids is 1. The molecule has 0 bridgehead atoms. The topological polar surface area (TPSA) is 110 Å².